The average molecular weight is 554 g/mol. The van der Waals surface area contributed by atoms with Gasteiger partial charge in [0, 0.05) is 13.7 Å². The molecule has 4 aliphatic carbocycles. The number of rotatable bonds is 5. The first-order chi connectivity index (χ1) is 15.0. The summed E-state index contributed by atoms with van der Waals surface area (Å²) >= 11 is 0.898. The molecule has 1 aliphatic heterocycles. The fourth-order valence-electron chi connectivity index (χ4n) is 8.54. The van der Waals surface area contributed by atoms with Crippen molar-refractivity contribution >= 4 is 28.9 Å². The first-order valence-electron chi connectivity index (χ1n) is 12.5. The minimum absolute atomic E-state index is 0.0972. The molecule has 5 aliphatic rings. The number of methoxy groups -OCH3 is 1. The summed E-state index contributed by atoms with van der Waals surface area (Å²) in [5.74, 6) is 5.81. The van der Waals surface area contributed by atoms with Crippen LogP contribution in [0.5, 0.6) is 0 Å². The van der Waals surface area contributed by atoms with Crippen LogP contribution in [-0.4, -0.2) is 54.3 Å². The molecule has 4 fully saturated rings. The average Bonchev–Trinajstić information content (AvgIpc) is 3.11. The van der Waals surface area contributed by atoms with Gasteiger partial charge in [-0.1, -0.05) is 0 Å². The molecule has 0 saturated heterocycles. The number of fused-ring (bicyclic) bond motifs is 5. The van der Waals surface area contributed by atoms with Gasteiger partial charge >= 0.3 is 170 Å². The number of carbonyl (C=O) groups is 1. The summed E-state index contributed by atoms with van der Waals surface area (Å²) in [6.45, 7) is 3.81. The van der Waals surface area contributed by atoms with Crippen LogP contribution in [-0.2, 0) is 9.53 Å². The quantitative estimate of drug-likeness (QED) is 0.364. The number of hydrazone groups is 2. The monoisotopic (exact) mass is 554 g/mol. The predicted molar refractivity (Wildman–Crippen MR) is 122 cm³/mol. The third-order valence-corrected chi connectivity index (χ3v) is 13.1. The Hall–Kier alpha value is 0.0325. The molecule has 0 aromatic rings. The number of ketones is 1. The summed E-state index contributed by atoms with van der Waals surface area (Å²) in [5, 5.41) is 10.7. The first kappa shape index (κ1) is 22.8. The zero-order chi connectivity index (χ0) is 21.6. The van der Waals surface area contributed by atoms with Crippen molar-refractivity contribution in [1.29, 1.82) is 0 Å². The molecule has 4 unspecified atom stereocenters. The summed E-state index contributed by atoms with van der Waals surface area (Å²) in [5.41, 5.74) is 0.207. The Labute approximate surface area is 205 Å². The van der Waals surface area contributed by atoms with Crippen LogP contribution in [0.3, 0.4) is 0 Å². The summed E-state index contributed by atoms with van der Waals surface area (Å²) in [4.78, 5) is 13.4. The Balaban J connectivity index is 1.26. The van der Waals surface area contributed by atoms with E-state index >= 15 is 0 Å². The number of carbonyl (C=O) groups excluding carboxylic acids is 1. The fraction of sp³-hybridized carbons (Fsp3) is 0.875. The molecule has 31 heavy (non-hydrogen) atoms. The van der Waals surface area contributed by atoms with Crippen molar-refractivity contribution in [1.82, 2.24) is 5.12 Å². The fourth-order valence-corrected chi connectivity index (χ4v) is 10.6. The van der Waals surface area contributed by atoms with Crippen molar-refractivity contribution in [2.45, 2.75) is 64.7 Å². The van der Waals surface area contributed by atoms with Crippen molar-refractivity contribution in [2.75, 3.05) is 20.3 Å². The Bertz CT molecular complexity index is 761. The predicted octanol–water partition coefficient (Wildman–Crippen LogP) is 0.339. The van der Waals surface area contributed by atoms with E-state index in [9.17, 15) is 4.79 Å². The second-order valence-electron chi connectivity index (χ2n) is 11.2. The molecule has 0 aromatic heterocycles. The van der Waals surface area contributed by atoms with E-state index in [4.69, 9.17) is 4.74 Å². The normalized spacial score (nSPS) is 44.5. The van der Waals surface area contributed by atoms with Crippen LogP contribution < -0.4 is 21.2 Å². The Morgan fingerprint density at radius 2 is 2.03 bits per heavy atom. The van der Waals surface area contributed by atoms with E-state index in [1.165, 1.54) is 53.9 Å². The van der Waals surface area contributed by atoms with Crippen LogP contribution in [0, 0.1) is 46.8 Å². The van der Waals surface area contributed by atoms with Crippen molar-refractivity contribution in [3.8, 4) is 0 Å². The molecule has 0 spiro atoms. The smallest absolute Gasteiger partial charge is 0.0451 e. The van der Waals surface area contributed by atoms with Gasteiger partial charge in [-0.3, -0.25) is 0 Å². The molecule has 0 amide bonds. The third kappa shape index (κ3) is 4.31. The Morgan fingerprint density at radius 3 is 2.84 bits per heavy atom. The number of ether oxygens (including phenoxy) is 1. The van der Waals surface area contributed by atoms with Gasteiger partial charge in [-0.25, -0.2) is 0 Å². The maximum absolute atomic E-state index is 13.4. The van der Waals surface area contributed by atoms with Gasteiger partial charge < -0.3 is 4.74 Å². The molecule has 7 heteroatoms. The van der Waals surface area contributed by atoms with Gasteiger partial charge in [0.05, 0.1) is 0 Å². The molecule has 4 saturated carbocycles. The van der Waals surface area contributed by atoms with E-state index in [1.807, 2.05) is 11.3 Å². The van der Waals surface area contributed by atoms with Gasteiger partial charge in [0.15, 0.2) is 0 Å². The molecule has 1 heterocycles. The van der Waals surface area contributed by atoms with Crippen LogP contribution in [0.15, 0.2) is 10.2 Å². The minimum Gasteiger partial charge on any atom is -0.0451 e. The second-order valence-corrected chi connectivity index (χ2v) is 16.9. The van der Waals surface area contributed by atoms with Crippen LogP contribution >= 0.6 is 0 Å². The Morgan fingerprint density at radius 1 is 1.19 bits per heavy atom. The molecule has 0 aromatic carbocycles. The van der Waals surface area contributed by atoms with Crippen LogP contribution in [0.1, 0.15) is 64.7 Å². The summed E-state index contributed by atoms with van der Waals surface area (Å²) < 4.78 is 8.79. The zero-order valence-corrected chi connectivity index (χ0v) is 23.6. The Kier molecular flexibility index (Phi) is 6.88. The SMILES string of the molecule is COC[C@H]1CCC2C3CC[C@@]4(C)C(CC[C@@H]4C(=O)CN4N=C[I-][C]([AlH2])=N4)C3CC[C@@H]2C1. The second kappa shape index (κ2) is 9.35. The van der Waals surface area contributed by atoms with Gasteiger partial charge in [0.1, 0.15) is 0 Å². The van der Waals surface area contributed by atoms with Gasteiger partial charge in [0.25, 0.3) is 0 Å². The number of hydrogen-bond donors (Lipinski definition) is 0. The molecule has 0 bridgehead atoms. The first-order valence-corrected chi connectivity index (χ1v) is 15.8. The number of hydrogen-bond acceptors (Lipinski definition) is 5. The van der Waals surface area contributed by atoms with Gasteiger partial charge in [-0.15, -0.1) is 0 Å². The molecular formula is C24H38AlIN3O2-. The topological polar surface area (TPSA) is 54.3 Å². The van der Waals surface area contributed by atoms with Crippen molar-refractivity contribution in [3.05, 3.63) is 0 Å². The molecule has 172 valence electrons. The molecule has 8 atom stereocenters. The van der Waals surface area contributed by atoms with Gasteiger partial charge in [-0.05, 0) is 18.8 Å². The van der Waals surface area contributed by atoms with Crippen molar-refractivity contribution in [3.63, 3.8) is 0 Å². The van der Waals surface area contributed by atoms with Crippen LogP contribution in [0.25, 0.3) is 0 Å². The molecule has 5 rings (SSSR count). The van der Waals surface area contributed by atoms with Crippen molar-refractivity contribution in [2.24, 2.45) is 57.0 Å². The number of Topliss-reactive ketones (excluding diaryl/α,β-unsaturated/α-hetero) is 1. The standard InChI is InChI=1S/C24H36IN3O2.Al.2H/c1-24-10-9-19-18-5-3-16(13-30-2)11-17(18)4-6-20(19)21(24)7-8-22(24)23(29)12-28-26-14-25-15-27-28;;;/h14,16-22H,3-13H2,1-2H3;;;/q-1;;;/t16-,17+,18?,19?,20?,21?,22+,24-;;;/m0.../s1. The molecule has 5 nitrogen and oxygen atoms in total. The van der Waals surface area contributed by atoms with E-state index < -0.39 is 0 Å². The van der Waals surface area contributed by atoms with Crippen LogP contribution in [0.4, 0.5) is 0 Å². The zero-order valence-electron chi connectivity index (χ0n) is 19.4. The van der Waals surface area contributed by atoms with E-state index in [1.54, 1.807) is 5.12 Å². The summed E-state index contributed by atoms with van der Waals surface area (Å²) in [6.07, 6.45) is 12.0. The molecule has 0 radical (unpaired) electrons. The van der Waals surface area contributed by atoms with E-state index in [0.29, 0.717) is 12.3 Å². The molecular weight excluding hydrogens is 516 g/mol. The minimum atomic E-state index is -0.0972. The van der Waals surface area contributed by atoms with E-state index in [-0.39, 0.29) is 32.5 Å². The summed E-state index contributed by atoms with van der Waals surface area (Å²) in [6, 6.07) is 0. The molecule has 0 N–H and O–H groups in total. The van der Waals surface area contributed by atoms with E-state index in [2.05, 4.69) is 17.1 Å². The number of nitrogens with zero attached hydrogens (tertiary/aromatic N) is 3. The van der Waals surface area contributed by atoms with E-state index in [0.717, 1.165) is 64.8 Å². The van der Waals surface area contributed by atoms with Crippen LogP contribution in [0.2, 0.25) is 0 Å². The van der Waals surface area contributed by atoms with Gasteiger partial charge in [-0.2, -0.15) is 0 Å². The maximum atomic E-state index is 13.4. The number of halogens is 1. The summed E-state index contributed by atoms with van der Waals surface area (Å²) in [7, 11) is 1.86. The third-order valence-electron chi connectivity index (χ3n) is 9.79. The van der Waals surface area contributed by atoms with Crippen molar-refractivity contribution < 1.29 is 30.7 Å². The van der Waals surface area contributed by atoms with Gasteiger partial charge in [0.2, 0.25) is 0 Å².